The Morgan fingerprint density at radius 3 is 2.66 bits per heavy atom. The maximum Gasteiger partial charge on any atom is 0.353 e. The van der Waals surface area contributed by atoms with Crippen molar-refractivity contribution in [3.05, 3.63) is 71.7 Å². The number of aromatic nitrogens is 3. The van der Waals surface area contributed by atoms with Gasteiger partial charge in [-0.15, -0.1) is 0 Å². The number of benzene rings is 3. The molecule has 0 aliphatic heterocycles. The molecule has 0 aliphatic rings. The number of nitrogens with zero attached hydrogens (tertiary/aromatic N) is 3. The molecule has 0 amide bonds. The minimum absolute atomic E-state index is 0.0636. The number of carboxylic acid groups (broad SMARTS) is 1. The Labute approximate surface area is 204 Å². The maximum absolute atomic E-state index is 14.7. The largest absolute Gasteiger partial charge is 0.494 e. The first kappa shape index (κ1) is 22.8. The second kappa shape index (κ2) is 9.34. The first-order valence-corrected chi connectivity index (χ1v) is 11.8. The lowest BCUT2D eigenvalue weighted by molar-refractivity contribution is 0.0687. The van der Waals surface area contributed by atoms with Gasteiger partial charge in [-0.1, -0.05) is 19.1 Å². The number of rotatable bonds is 8. The van der Waals surface area contributed by atoms with E-state index < -0.39 is 11.8 Å². The van der Waals surface area contributed by atoms with Crippen LogP contribution in [-0.4, -0.2) is 38.1 Å². The zero-order valence-electron chi connectivity index (χ0n) is 19.1. The van der Waals surface area contributed by atoms with Gasteiger partial charge in [0, 0.05) is 23.0 Å². The van der Waals surface area contributed by atoms with Crippen molar-refractivity contribution >= 4 is 39.6 Å². The van der Waals surface area contributed by atoms with E-state index in [4.69, 9.17) is 9.47 Å². The van der Waals surface area contributed by atoms with Crippen LogP contribution in [0.1, 0.15) is 29.4 Å². The Morgan fingerprint density at radius 1 is 1.09 bits per heavy atom. The number of ether oxygens (including phenoxy) is 2. The van der Waals surface area contributed by atoms with Gasteiger partial charge in [-0.2, -0.15) is 8.75 Å². The van der Waals surface area contributed by atoms with E-state index in [1.807, 2.05) is 43.3 Å². The highest BCUT2D eigenvalue weighted by atomic mass is 32.1. The number of carboxylic acids is 1. The number of methoxy groups -OCH3 is 1. The summed E-state index contributed by atoms with van der Waals surface area (Å²) in [5.41, 5.74) is 4.06. The molecule has 0 radical (unpaired) electrons. The summed E-state index contributed by atoms with van der Waals surface area (Å²) >= 11 is 1.13. The van der Waals surface area contributed by atoms with Gasteiger partial charge in [0.1, 0.15) is 22.5 Å². The van der Waals surface area contributed by atoms with Crippen LogP contribution in [0.25, 0.3) is 33.1 Å². The third-order valence-electron chi connectivity index (χ3n) is 5.81. The molecule has 178 valence electrons. The van der Waals surface area contributed by atoms with Crippen molar-refractivity contribution in [2.24, 2.45) is 0 Å². The Morgan fingerprint density at radius 2 is 1.91 bits per heavy atom. The lowest BCUT2D eigenvalue weighted by atomic mass is 10.0. The topological polar surface area (TPSA) is 86.5 Å². The van der Waals surface area contributed by atoms with Gasteiger partial charge in [0.05, 0.1) is 25.4 Å². The van der Waals surface area contributed by atoms with Crippen molar-refractivity contribution in [3.8, 4) is 22.6 Å². The minimum Gasteiger partial charge on any atom is -0.494 e. The van der Waals surface area contributed by atoms with E-state index in [2.05, 4.69) is 8.75 Å². The van der Waals surface area contributed by atoms with Crippen LogP contribution < -0.4 is 9.47 Å². The first-order chi connectivity index (χ1) is 17.0. The Kier molecular flexibility index (Phi) is 6.08. The molecule has 0 bridgehead atoms. The standard InChI is InChI=1S/C26H22FN3O4S/c1-3-10-34-17-6-8-22-18(13-17)24(16-5-9-23(33-2)19(27)12-16)25(26(31)32)30(22)14-15-4-7-20-21(11-15)29-35-28-20/h4-9,11-13H,3,10,14H2,1-2H3,(H,31,32). The van der Waals surface area contributed by atoms with Crippen LogP contribution in [0.5, 0.6) is 11.5 Å². The summed E-state index contributed by atoms with van der Waals surface area (Å²) in [7, 11) is 1.39. The molecule has 0 fully saturated rings. The molecule has 0 saturated carbocycles. The number of aromatic carboxylic acids is 1. The third-order valence-corrected chi connectivity index (χ3v) is 6.37. The number of halogens is 1. The highest BCUT2D eigenvalue weighted by molar-refractivity contribution is 7.00. The molecule has 0 unspecified atom stereocenters. The molecule has 3 aromatic carbocycles. The summed E-state index contributed by atoms with van der Waals surface area (Å²) in [6, 6.07) is 15.6. The molecular weight excluding hydrogens is 469 g/mol. The van der Waals surface area contributed by atoms with Crippen LogP contribution in [0.15, 0.2) is 54.6 Å². The van der Waals surface area contributed by atoms with Crippen molar-refractivity contribution in [2.45, 2.75) is 19.9 Å². The average molecular weight is 492 g/mol. The molecule has 0 aliphatic carbocycles. The van der Waals surface area contributed by atoms with Crippen LogP contribution in [0, 0.1) is 5.82 Å². The molecule has 7 nitrogen and oxygen atoms in total. The van der Waals surface area contributed by atoms with Gasteiger partial charge in [-0.25, -0.2) is 9.18 Å². The van der Waals surface area contributed by atoms with E-state index in [0.717, 1.165) is 34.7 Å². The Hall–Kier alpha value is -3.98. The lowest BCUT2D eigenvalue weighted by Crippen LogP contribution is -2.10. The fourth-order valence-electron chi connectivity index (χ4n) is 4.25. The molecule has 35 heavy (non-hydrogen) atoms. The van der Waals surface area contributed by atoms with E-state index in [1.165, 1.54) is 19.2 Å². The fourth-order valence-corrected chi connectivity index (χ4v) is 4.77. The molecule has 2 heterocycles. The molecule has 0 atom stereocenters. The Bertz CT molecular complexity index is 1560. The molecule has 2 aromatic heterocycles. The van der Waals surface area contributed by atoms with Crippen molar-refractivity contribution < 1.29 is 23.8 Å². The highest BCUT2D eigenvalue weighted by Crippen LogP contribution is 2.39. The van der Waals surface area contributed by atoms with Gasteiger partial charge >= 0.3 is 5.97 Å². The van der Waals surface area contributed by atoms with Gasteiger partial charge in [0.15, 0.2) is 11.6 Å². The molecule has 1 N–H and O–H groups in total. The number of fused-ring (bicyclic) bond motifs is 2. The molecular formula is C26H22FN3O4S. The van der Waals surface area contributed by atoms with Gasteiger partial charge in [-0.05, 0) is 60.0 Å². The zero-order valence-corrected chi connectivity index (χ0v) is 19.9. The predicted molar refractivity (Wildman–Crippen MR) is 133 cm³/mol. The zero-order chi connectivity index (χ0) is 24.5. The SMILES string of the molecule is CCCOc1ccc2c(c1)c(-c1ccc(OC)c(F)c1)c(C(=O)O)n2Cc1ccc2nsnc2c1. The van der Waals surface area contributed by atoms with Crippen LogP contribution in [-0.2, 0) is 6.54 Å². The maximum atomic E-state index is 14.7. The summed E-state index contributed by atoms with van der Waals surface area (Å²) < 4.78 is 35.8. The van der Waals surface area contributed by atoms with Crippen molar-refractivity contribution in [1.29, 1.82) is 0 Å². The predicted octanol–water partition coefficient (Wildman–Crippen LogP) is 6.00. The smallest absolute Gasteiger partial charge is 0.353 e. The van der Waals surface area contributed by atoms with Gasteiger partial charge in [-0.3, -0.25) is 0 Å². The number of hydrogen-bond donors (Lipinski definition) is 1. The monoisotopic (exact) mass is 491 g/mol. The lowest BCUT2D eigenvalue weighted by Gasteiger charge is -2.10. The van der Waals surface area contributed by atoms with E-state index in [9.17, 15) is 14.3 Å². The Balaban J connectivity index is 1.74. The molecule has 5 aromatic rings. The second-order valence-corrected chi connectivity index (χ2v) is 8.61. The number of carbonyl (C=O) groups is 1. The summed E-state index contributed by atoms with van der Waals surface area (Å²) in [6.45, 7) is 2.84. The van der Waals surface area contributed by atoms with E-state index in [1.54, 1.807) is 10.6 Å². The quantitative estimate of drug-likeness (QED) is 0.287. The molecule has 9 heteroatoms. The van der Waals surface area contributed by atoms with Crippen LogP contribution in [0.2, 0.25) is 0 Å². The van der Waals surface area contributed by atoms with Gasteiger partial charge in [0.25, 0.3) is 0 Å². The summed E-state index contributed by atoms with van der Waals surface area (Å²) in [5, 5.41) is 11.0. The van der Waals surface area contributed by atoms with Crippen molar-refractivity contribution in [1.82, 2.24) is 13.3 Å². The van der Waals surface area contributed by atoms with Gasteiger partial charge < -0.3 is 19.1 Å². The van der Waals surface area contributed by atoms with Gasteiger partial charge in [0.2, 0.25) is 0 Å². The summed E-state index contributed by atoms with van der Waals surface area (Å²) in [4.78, 5) is 12.6. The van der Waals surface area contributed by atoms with Crippen LogP contribution >= 0.6 is 11.7 Å². The minimum atomic E-state index is -1.11. The van der Waals surface area contributed by atoms with E-state index >= 15 is 0 Å². The molecule has 5 rings (SSSR count). The average Bonchev–Trinajstić information content (AvgIpc) is 3.44. The van der Waals surface area contributed by atoms with Crippen LogP contribution in [0.4, 0.5) is 4.39 Å². The van der Waals surface area contributed by atoms with Crippen LogP contribution in [0.3, 0.4) is 0 Å². The molecule has 0 saturated heterocycles. The van der Waals surface area contributed by atoms with Crippen molar-refractivity contribution in [3.63, 3.8) is 0 Å². The van der Waals surface area contributed by atoms with E-state index in [-0.39, 0.29) is 11.4 Å². The highest BCUT2D eigenvalue weighted by Gasteiger charge is 2.25. The first-order valence-electron chi connectivity index (χ1n) is 11.1. The van der Waals surface area contributed by atoms with Crippen molar-refractivity contribution in [2.75, 3.05) is 13.7 Å². The van der Waals surface area contributed by atoms with E-state index in [0.29, 0.717) is 40.9 Å². The summed E-state index contributed by atoms with van der Waals surface area (Å²) in [5.74, 6) is -0.966. The fraction of sp³-hybridized carbons (Fsp3) is 0.192. The normalized spacial score (nSPS) is 11.3. The molecule has 0 spiro atoms. The second-order valence-electron chi connectivity index (χ2n) is 8.08. The summed E-state index contributed by atoms with van der Waals surface area (Å²) in [6.07, 6.45) is 0.837. The number of hydrogen-bond acceptors (Lipinski definition) is 6. The third kappa shape index (κ3) is 4.19.